The topological polar surface area (TPSA) is 23.6 Å². The molecule has 1 aliphatic heterocycles. The molecule has 22 heavy (non-hydrogen) atoms. The predicted molar refractivity (Wildman–Crippen MR) is 98.1 cm³/mol. The second kappa shape index (κ2) is 6.76. The Morgan fingerprint density at radius 2 is 1.55 bits per heavy atom. The highest BCUT2D eigenvalue weighted by atomic mass is 31.2. The first-order chi connectivity index (χ1) is 10.1. The van der Waals surface area contributed by atoms with E-state index in [0.717, 1.165) is 38.9 Å². The summed E-state index contributed by atoms with van der Waals surface area (Å²) in [6.07, 6.45) is 0.841. The van der Waals surface area contributed by atoms with Crippen molar-refractivity contribution in [2.24, 2.45) is 0 Å². The van der Waals surface area contributed by atoms with E-state index in [9.17, 15) is 4.57 Å². The number of hydrogen-bond donors (Lipinski definition) is 0. The smallest absolute Gasteiger partial charge is 0.0831 e. The van der Waals surface area contributed by atoms with Crippen LogP contribution in [0, 0.1) is 0 Å². The van der Waals surface area contributed by atoms with Crippen molar-refractivity contribution in [3.05, 3.63) is 29.8 Å². The van der Waals surface area contributed by atoms with E-state index >= 15 is 0 Å². The van der Waals surface area contributed by atoms with Gasteiger partial charge in [-0.05, 0) is 36.4 Å². The molecule has 1 heterocycles. The molecule has 1 fully saturated rings. The number of hydrogen-bond acceptors (Lipinski definition) is 3. The van der Waals surface area contributed by atoms with Crippen molar-refractivity contribution in [3.63, 3.8) is 0 Å². The van der Waals surface area contributed by atoms with E-state index in [2.05, 4.69) is 54.8 Å². The third-order valence-electron chi connectivity index (χ3n) is 4.43. The molecule has 0 bridgehead atoms. The lowest BCUT2D eigenvalue weighted by atomic mass is 9.87. The van der Waals surface area contributed by atoms with Crippen LogP contribution < -0.4 is 4.90 Å². The zero-order valence-electron chi connectivity index (χ0n) is 14.8. The van der Waals surface area contributed by atoms with Crippen LogP contribution in [0.15, 0.2) is 24.3 Å². The molecule has 1 aromatic carbocycles. The zero-order chi connectivity index (χ0) is 16.4. The summed E-state index contributed by atoms with van der Waals surface area (Å²) in [7, 11) is -1.88. The molecule has 4 heteroatoms. The van der Waals surface area contributed by atoms with E-state index in [1.54, 1.807) is 0 Å². The van der Waals surface area contributed by atoms with Crippen LogP contribution in [0.1, 0.15) is 26.3 Å². The largest absolute Gasteiger partial charge is 0.369 e. The Balaban J connectivity index is 1.88. The number of rotatable bonds is 4. The highest BCUT2D eigenvalue weighted by molar-refractivity contribution is 7.62. The first kappa shape index (κ1) is 17.6. The average Bonchev–Trinajstić information content (AvgIpc) is 2.44. The molecule has 1 aliphatic rings. The molecule has 0 atom stereocenters. The van der Waals surface area contributed by atoms with Crippen molar-refractivity contribution >= 4 is 12.8 Å². The lowest BCUT2D eigenvalue weighted by molar-refractivity contribution is 0.272. The summed E-state index contributed by atoms with van der Waals surface area (Å²) < 4.78 is 11.8. The van der Waals surface area contributed by atoms with Gasteiger partial charge in [-0.1, -0.05) is 32.9 Å². The minimum absolute atomic E-state index is 0.214. The van der Waals surface area contributed by atoms with Crippen LogP contribution in [0.3, 0.4) is 0 Å². The Morgan fingerprint density at radius 1 is 1.00 bits per heavy atom. The van der Waals surface area contributed by atoms with Gasteiger partial charge in [-0.2, -0.15) is 0 Å². The lowest BCUT2D eigenvalue weighted by Crippen LogP contribution is -2.47. The third kappa shape index (κ3) is 5.14. The molecule has 2 rings (SSSR count). The number of anilines is 1. The third-order valence-corrected chi connectivity index (χ3v) is 5.70. The number of benzene rings is 1. The lowest BCUT2D eigenvalue weighted by Gasteiger charge is -2.36. The number of nitrogens with zero attached hydrogens (tertiary/aromatic N) is 2. The van der Waals surface area contributed by atoms with Gasteiger partial charge in [-0.25, -0.2) is 0 Å². The normalized spacial score (nSPS) is 17.8. The molecule has 0 unspecified atom stereocenters. The van der Waals surface area contributed by atoms with Crippen LogP contribution in [0.2, 0.25) is 0 Å². The molecule has 0 radical (unpaired) electrons. The molecule has 0 saturated carbocycles. The summed E-state index contributed by atoms with van der Waals surface area (Å²) in [6.45, 7) is 15.8. The summed E-state index contributed by atoms with van der Waals surface area (Å²) in [5.74, 6) is 0. The second-order valence-corrected chi connectivity index (χ2v) is 11.5. The first-order valence-corrected chi connectivity index (χ1v) is 11.1. The summed E-state index contributed by atoms with van der Waals surface area (Å²) in [5, 5.41) is 0. The predicted octanol–water partition coefficient (Wildman–Crippen LogP) is 3.73. The van der Waals surface area contributed by atoms with Gasteiger partial charge >= 0.3 is 0 Å². The van der Waals surface area contributed by atoms with E-state index in [1.807, 2.05) is 13.3 Å². The van der Waals surface area contributed by atoms with Crippen molar-refractivity contribution in [2.75, 3.05) is 57.1 Å². The summed E-state index contributed by atoms with van der Waals surface area (Å²) in [6, 6.07) is 9.02. The van der Waals surface area contributed by atoms with E-state index in [0.29, 0.717) is 0 Å². The Labute approximate surface area is 136 Å². The second-order valence-electron chi connectivity index (χ2n) is 7.92. The maximum Gasteiger partial charge on any atom is 0.0831 e. The van der Waals surface area contributed by atoms with Gasteiger partial charge in [-0.15, -0.1) is 0 Å². The minimum atomic E-state index is -1.88. The van der Waals surface area contributed by atoms with Crippen LogP contribution >= 0.6 is 7.14 Å². The first-order valence-electron chi connectivity index (χ1n) is 8.27. The quantitative estimate of drug-likeness (QED) is 0.789. The van der Waals surface area contributed by atoms with Gasteiger partial charge in [0.1, 0.15) is 0 Å². The Morgan fingerprint density at radius 3 is 2.00 bits per heavy atom. The van der Waals surface area contributed by atoms with Gasteiger partial charge in [0, 0.05) is 44.6 Å². The molecular formula is C18H31N2OP. The minimum Gasteiger partial charge on any atom is -0.369 e. The molecule has 0 N–H and O–H groups in total. The summed E-state index contributed by atoms with van der Waals surface area (Å²) >= 11 is 0. The van der Waals surface area contributed by atoms with E-state index in [4.69, 9.17) is 0 Å². The molecule has 1 saturated heterocycles. The molecule has 0 aliphatic carbocycles. The van der Waals surface area contributed by atoms with Crippen LogP contribution in [0.4, 0.5) is 5.69 Å². The Kier molecular flexibility index (Phi) is 5.40. The highest BCUT2D eigenvalue weighted by Gasteiger charge is 2.19. The fourth-order valence-corrected chi connectivity index (χ4v) is 3.55. The molecule has 0 amide bonds. The van der Waals surface area contributed by atoms with Crippen molar-refractivity contribution in [2.45, 2.75) is 26.2 Å². The van der Waals surface area contributed by atoms with Crippen molar-refractivity contribution < 1.29 is 4.57 Å². The fraction of sp³-hybridized carbons (Fsp3) is 0.667. The summed E-state index contributed by atoms with van der Waals surface area (Å²) in [4.78, 5) is 4.90. The standard InChI is InChI=1S/C18H31N2OP/c1-18(2,3)16-6-8-17(9-7-16)20-12-10-19(11-13-20)14-15-22(4,5)21/h6-9H,10-15H2,1-5H3. The van der Waals surface area contributed by atoms with Crippen LogP contribution in [0.5, 0.6) is 0 Å². The monoisotopic (exact) mass is 322 g/mol. The van der Waals surface area contributed by atoms with Crippen LogP contribution in [-0.2, 0) is 9.98 Å². The van der Waals surface area contributed by atoms with Gasteiger partial charge < -0.3 is 9.46 Å². The Bertz CT molecular complexity index is 519. The molecule has 1 aromatic rings. The molecule has 0 spiro atoms. The average molecular weight is 322 g/mol. The molecule has 124 valence electrons. The van der Waals surface area contributed by atoms with E-state index < -0.39 is 7.14 Å². The molecule has 0 aromatic heterocycles. The number of piperazine rings is 1. The maximum absolute atomic E-state index is 11.8. The zero-order valence-corrected chi connectivity index (χ0v) is 15.7. The van der Waals surface area contributed by atoms with Crippen molar-refractivity contribution in [1.29, 1.82) is 0 Å². The Hall–Kier alpha value is -0.790. The van der Waals surface area contributed by atoms with E-state index in [-0.39, 0.29) is 5.41 Å². The fourth-order valence-electron chi connectivity index (χ4n) is 2.78. The maximum atomic E-state index is 11.8. The van der Waals surface area contributed by atoms with Crippen molar-refractivity contribution in [3.8, 4) is 0 Å². The van der Waals surface area contributed by atoms with Crippen molar-refractivity contribution in [1.82, 2.24) is 4.90 Å². The van der Waals surface area contributed by atoms with Crippen LogP contribution in [-0.4, -0.2) is 57.1 Å². The van der Waals surface area contributed by atoms with E-state index in [1.165, 1.54) is 11.3 Å². The molecule has 3 nitrogen and oxygen atoms in total. The van der Waals surface area contributed by atoms with Gasteiger partial charge in [0.25, 0.3) is 0 Å². The van der Waals surface area contributed by atoms with Crippen LogP contribution in [0.25, 0.3) is 0 Å². The van der Waals surface area contributed by atoms with Gasteiger partial charge in [0.05, 0.1) is 7.14 Å². The van der Waals surface area contributed by atoms with Gasteiger partial charge in [0.2, 0.25) is 0 Å². The highest BCUT2D eigenvalue weighted by Crippen LogP contribution is 2.35. The summed E-state index contributed by atoms with van der Waals surface area (Å²) in [5.41, 5.74) is 2.92. The van der Waals surface area contributed by atoms with Gasteiger partial charge in [0.15, 0.2) is 0 Å². The SMILES string of the molecule is CC(C)(C)c1ccc(N2CCN(CCP(C)(C)=O)CC2)cc1. The van der Waals surface area contributed by atoms with Gasteiger partial charge in [-0.3, -0.25) is 4.90 Å². The molecular weight excluding hydrogens is 291 g/mol.